The molecule has 13 heavy (non-hydrogen) atoms. The smallest absolute Gasteiger partial charge is 0.312 e. The summed E-state index contributed by atoms with van der Waals surface area (Å²) < 4.78 is 17.3. The van der Waals surface area contributed by atoms with E-state index in [1.165, 1.54) is 19.2 Å². The van der Waals surface area contributed by atoms with Gasteiger partial charge in [0.05, 0.1) is 13.0 Å². The molecule has 1 unspecified atom stereocenters. The molecule has 0 N–H and O–H groups in total. The van der Waals surface area contributed by atoms with Crippen molar-refractivity contribution in [3.63, 3.8) is 0 Å². The maximum atomic E-state index is 12.7. The quantitative estimate of drug-likeness (QED) is 0.655. The molecule has 1 rings (SSSR count). The van der Waals surface area contributed by atoms with Gasteiger partial charge in [-0.2, -0.15) is 0 Å². The van der Waals surface area contributed by atoms with Crippen LogP contribution in [0.5, 0.6) is 0 Å². The molecule has 1 atom stereocenters. The van der Waals surface area contributed by atoms with Gasteiger partial charge < -0.3 is 4.74 Å². The maximum Gasteiger partial charge on any atom is 0.312 e. The highest BCUT2D eigenvalue weighted by molar-refractivity contribution is 5.77. The van der Waals surface area contributed by atoms with Gasteiger partial charge in [-0.3, -0.25) is 4.79 Å². The molecule has 3 heteroatoms. The molecule has 0 aliphatic rings. The van der Waals surface area contributed by atoms with E-state index >= 15 is 0 Å². The molecular formula is C10H11FO2. The van der Waals surface area contributed by atoms with Crippen LogP contribution in [0, 0.1) is 5.82 Å². The zero-order valence-electron chi connectivity index (χ0n) is 7.58. The van der Waals surface area contributed by atoms with E-state index in [1.54, 1.807) is 19.1 Å². The van der Waals surface area contributed by atoms with E-state index in [1.807, 2.05) is 0 Å². The van der Waals surface area contributed by atoms with Gasteiger partial charge in [0.1, 0.15) is 5.82 Å². The fourth-order valence-electron chi connectivity index (χ4n) is 1.09. The molecule has 70 valence electrons. The van der Waals surface area contributed by atoms with Crippen LogP contribution in [0.3, 0.4) is 0 Å². The van der Waals surface area contributed by atoms with Crippen molar-refractivity contribution >= 4 is 5.97 Å². The zero-order chi connectivity index (χ0) is 9.84. The average molecular weight is 182 g/mol. The van der Waals surface area contributed by atoms with E-state index < -0.39 is 5.92 Å². The highest BCUT2D eigenvalue weighted by Gasteiger charge is 2.15. The standard InChI is InChI=1S/C10H11FO2/c1-7(10(12)13-2)8-4-3-5-9(11)6-8/h3-7H,1-2H3. The van der Waals surface area contributed by atoms with Crippen molar-refractivity contribution in [2.45, 2.75) is 12.8 Å². The first-order valence-electron chi connectivity index (χ1n) is 3.98. The van der Waals surface area contributed by atoms with Gasteiger partial charge in [0.15, 0.2) is 0 Å². The van der Waals surface area contributed by atoms with Crippen molar-refractivity contribution in [2.24, 2.45) is 0 Å². The van der Waals surface area contributed by atoms with Crippen LogP contribution in [0.1, 0.15) is 18.4 Å². The van der Waals surface area contributed by atoms with Crippen molar-refractivity contribution in [3.05, 3.63) is 35.6 Å². The molecule has 0 amide bonds. The summed E-state index contributed by atoms with van der Waals surface area (Å²) in [7, 11) is 1.32. The number of esters is 1. The molecule has 0 saturated carbocycles. The van der Waals surface area contributed by atoms with Crippen LogP contribution >= 0.6 is 0 Å². The third-order valence-corrected chi connectivity index (χ3v) is 1.90. The number of ether oxygens (including phenoxy) is 1. The first kappa shape index (κ1) is 9.71. The minimum absolute atomic E-state index is 0.340. The third kappa shape index (κ3) is 2.28. The Hall–Kier alpha value is -1.38. The highest BCUT2D eigenvalue weighted by atomic mass is 19.1. The summed E-state index contributed by atoms with van der Waals surface area (Å²) in [6.07, 6.45) is 0. The van der Waals surface area contributed by atoms with Gasteiger partial charge in [-0.1, -0.05) is 12.1 Å². The summed E-state index contributed by atoms with van der Waals surface area (Å²) in [6.45, 7) is 1.68. The Kier molecular flexibility index (Phi) is 3.01. The number of hydrogen-bond donors (Lipinski definition) is 0. The van der Waals surface area contributed by atoms with Crippen LogP contribution in [-0.2, 0) is 9.53 Å². The Morgan fingerprint density at radius 2 is 2.23 bits per heavy atom. The fraction of sp³-hybridized carbons (Fsp3) is 0.300. The average Bonchev–Trinajstić information content (AvgIpc) is 2.15. The summed E-state index contributed by atoms with van der Waals surface area (Å²) in [6, 6.07) is 5.95. The monoisotopic (exact) mass is 182 g/mol. The van der Waals surface area contributed by atoms with Crippen LogP contribution < -0.4 is 0 Å². The summed E-state index contributed by atoms with van der Waals surface area (Å²) in [5, 5.41) is 0. The van der Waals surface area contributed by atoms with Gasteiger partial charge in [-0.05, 0) is 24.6 Å². The molecule has 0 fully saturated rings. The summed E-state index contributed by atoms with van der Waals surface area (Å²) in [4.78, 5) is 11.1. The van der Waals surface area contributed by atoms with Crippen molar-refractivity contribution in [1.82, 2.24) is 0 Å². The molecule has 0 spiro atoms. The van der Waals surface area contributed by atoms with Crippen molar-refractivity contribution in [1.29, 1.82) is 0 Å². The number of carbonyl (C=O) groups is 1. The third-order valence-electron chi connectivity index (χ3n) is 1.90. The van der Waals surface area contributed by atoms with E-state index in [2.05, 4.69) is 4.74 Å². The molecule has 1 aromatic rings. The van der Waals surface area contributed by atoms with Gasteiger partial charge in [0, 0.05) is 0 Å². The second kappa shape index (κ2) is 4.03. The van der Waals surface area contributed by atoms with Crippen LogP contribution in [-0.4, -0.2) is 13.1 Å². The Morgan fingerprint density at radius 3 is 2.77 bits per heavy atom. The minimum atomic E-state index is -0.416. The number of carbonyl (C=O) groups excluding carboxylic acids is 1. The number of benzene rings is 1. The van der Waals surface area contributed by atoms with Gasteiger partial charge in [0.25, 0.3) is 0 Å². The van der Waals surface area contributed by atoms with E-state index in [-0.39, 0.29) is 11.8 Å². The topological polar surface area (TPSA) is 26.3 Å². The van der Waals surface area contributed by atoms with Gasteiger partial charge in [0.2, 0.25) is 0 Å². The van der Waals surface area contributed by atoms with Crippen LogP contribution in [0.25, 0.3) is 0 Å². The van der Waals surface area contributed by atoms with Gasteiger partial charge in [-0.15, -0.1) is 0 Å². The van der Waals surface area contributed by atoms with E-state index in [0.717, 1.165) is 0 Å². The maximum absolute atomic E-state index is 12.7. The van der Waals surface area contributed by atoms with Crippen molar-refractivity contribution in [3.8, 4) is 0 Å². The SMILES string of the molecule is COC(=O)C(C)c1cccc(F)c1. The highest BCUT2D eigenvalue weighted by Crippen LogP contribution is 2.16. The van der Waals surface area contributed by atoms with Gasteiger partial charge >= 0.3 is 5.97 Å². The predicted octanol–water partition coefficient (Wildman–Crippen LogP) is 2.10. The lowest BCUT2D eigenvalue weighted by Crippen LogP contribution is -2.10. The largest absolute Gasteiger partial charge is 0.469 e. The van der Waals surface area contributed by atoms with Crippen LogP contribution in [0.4, 0.5) is 4.39 Å². The lowest BCUT2D eigenvalue weighted by atomic mass is 10.0. The second-order valence-electron chi connectivity index (χ2n) is 2.80. The van der Waals surface area contributed by atoms with E-state index in [9.17, 15) is 9.18 Å². The number of methoxy groups -OCH3 is 1. The first-order chi connectivity index (χ1) is 6.15. The Balaban J connectivity index is 2.88. The molecule has 0 aliphatic carbocycles. The Labute approximate surface area is 76.3 Å². The second-order valence-corrected chi connectivity index (χ2v) is 2.80. The first-order valence-corrected chi connectivity index (χ1v) is 3.98. The molecule has 0 radical (unpaired) electrons. The van der Waals surface area contributed by atoms with Crippen LogP contribution in [0.15, 0.2) is 24.3 Å². The predicted molar refractivity (Wildman–Crippen MR) is 46.8 cm³/mol. The molecule has 0 bridgehead atoms. The summed E-state index contributed by atoms with van der Waals surface area (Å²) in [5.74, 6) is -1.11. The van der Waals surface area contributed by atoms with Gasteiger partial charge in [-0.25, -0.2) is 4.39 Å². The lowest BCUT2D eigenvalue weighted by Gasteiger charge is -2.08. The zero-order valence-corrected chi connectivity index (χ0v) is 7.58. The molecule has 0 aliphatic heterocycles. The molecule has 0 saturated heterocycles. The molecule has 0 aromatic heterocycles. The summed E-state index contributed by atoms with van der Waals surface area (Å²) in [5.41, 5.74) is 0.631. The lowest BCUT2D eigenvalue weighted by molar-refractivity contribution is -0.141. The fourth-order valence-corrected chi connectivity index (χ4v) is 1.09. The number of halogens is 1. The van der Waals surface area contributed by atoms with E-state index in [4.69, 9.17) is 0 Å². The summed E-state index contributed by atoms with van der Waals surface area (Å²) >= 11 is 0. The Bertz CT molecular complexity index is 310. The molecule has 1 aromatic carbocycles. The van der Waals surface area contributed by atoms with Crippen molar-refractivity contribution in [2.75, 3.05) is 7.11 Å². The van der Waals surface area contributed by atoms with Crippen molar-refractivity contribution < 1.29 is 13.9 Å². The molecule has 2 nitrogen and oxygen atoms in total. The normalized spacial score (nSPS) is 12.2. The number of rotatable bonds is 2. The molecule has 0 heterocycles. The number of hydrogen-bond acceptors (Lipinski definition) is 2. The van der Waals surface area contributed by atoms with E-state index in [0.29, 0.717) is 5.56 Å². The minimum Gasteiger partial charge on any atom is -0.469 e. The molecular weight excluding hydrogens is 171 g/mol. The van der Waals surface area contributed by atoms with Crippen LogP contribution in [0.2, 0.25) is 0 Å². The Morgan fingerprint density at radius 1 is 1.54 bits per heavy atom.